The van der Waals surface area contributed by atoms with Crippen LogP contribution in [-0.4, -0.2) is 147 Å². The van der Waals surface area contributed by atoms with E-state index in [0.717, 1.165) is 0 Å². The number of rotatable bonds is 35. The number of nitrogens with zero attached hydrogens (tertiary/aromatic N) is 2. The molecule has 4 atom stereocenters. The third-order valence-electron chi connectivity index (χ3n) is 8.31. The number of ether oxygens (including phenoxy) is 6. The molecule has 4 unspecified atom stereocenters. The van der Waals surface area contributed by atoms with Crippen LogP contribution in [0.3, 0.4) is 0 Å². The third kappa shape index (κ3) is 20.7. The summed E-state index contributed by atoms with van der Waals surface area (Å²) in [6.07, 6.45) is 4.59. The predicted molar refractivity (Wildman–Crippen MR) is 201 cm³/mol. The Bertz CT molecular complexity index is 1220. The molecule has 0 aromatic carbocycles. The van der Waals surface area contributed by atoms with Crippen molar-refractivity contribution < 1.29 is 66.5 Å². The predicted octanol–water partition coefficient (Wildman–Crippen LogP) is 3.09. The first-order valence-corrected chi connectivity index (χ1v) is 19.2. The van der Waals surface area contributed by atoms with E-state index in [1.807, 2.05) is 34.1 Å². The van der Waals surface area contributed by atoms with E-state index in [2.05, 4.69) is 0 Å². The van der Waals surface area contributed by atoms with Gasteiger partial charge in [0.15, 0.2) is 0 Å². The van der Waals surface area contributed by atoms with Gasteiger partial charge in [0.05, 0.1) is 89.1 Å². The zero-order valence-corrected chi connectivity index (χ0v) is 32.1. The Balaban J connectivity index is 1.09. The summed E-state index contributed by atoms with van der Waals surface area (Å²) in [6.45, 7) is 5.70. The molecular weight excluding hydrogens is 732 g/mol. The first-order valence-electron chi connectivity index (χ1n) is 19.2. The number of hydrogen-bond acceptors (Lipinski definition) is 16. The summed E-state index contributed by atoms with van der Waals surface area (Å²) in [7, 11) is 0. The number of hydrogen-bond donors (Lipinski definition) is 4. The van der Waals surface area contributed by atoms with E-state index in [0.29, 0.717) is 102 Å². The molecule has 4 heterocycles. The maximum absolute atomic E-state index is 10.6. The molecule has 314 valence electrons. The highest BCUT2D eigenvalue weighted by molar-refractivity contribution is 4.98. The van der Waals surface area contributed by atoms with Crippen LogP contribution < -0.4 is 0 Å². The molecule has 0 radical (unpaired) electrons. The molecule has 4 aromatic rings. The summed E-state index contributed by atoms with van der Waals surface area (Å²) >= 11 is 0. The second-order valence-corrected chi connectivity index (χ2v) is 13.4. The Hall–Kier alpha value is -3.36. The number of aliphatic hydroxyl groups excluding tert-OH is 4. The van der Waals surface area contributed by atoms with Gasteiger partial charge in [-0.05, 0) is 61.4 Å². The van der Waals surface area contributed by atoms with Crippen molar-refractivity contribution in [2.45, 2.75) is 63.7 Å². The summed E-state index contributed by atoms with van der Waals surface area (Å²) in [6, 6.07) is 14.4. The summed E-state index contributed by atoms with van der Waals surface area (Å²) in [5.41, 5.74) is 0. The first kappa shape index (κ1) is 45.3. The van der Waals surface area contributed by atoms with Crippen LogP contribution in [0, 0.1) is 0 Å². The lowest BCUT2D eigenvalue weighted by atomic mass is 10.2. The fourth-order valence-electron chi connectivity index (χ4n) is 5.78. The molecule has 0 fully saturated rings. The molecule has 16 heteroatoms. The van der Waals surface area contributed by atoms with E-state index in [9.17, 15) is 20.4 Å². The highest BCUT2D eigenvalue weighted by Gasteiger charge is 2.18. The molecule has 0 spiro atoms. The Morgan fingerprint density at radius 2 is 0.696 bits per heavy atom. The monoisotopic (exact) mass is 792 g/mol. The van der Waals surface area contributed by atoms with Crippen LogP contribution in [0.1, 0.15) is 35.9 Å². The fourth-order valence-corrected chi connectivity index (χ4v) is 5.78. The Labute approximate surface area is 328 Å². The van der Waals surface area contributed by atoms with Crippen molar-refractivity contribution in [1.82, 2.24) is 9.80 Å². The zero-order valence-electron chi connectivity index (χ0n) is 32.1. The average Bonchev–Trinajstić information content (AvgIpc) is 4.02. The summed E-state index contributed by atoms with van der Waals surface area (Å²) in [5.74, 6) is 2.72. The van der Waals surface area contributed by atoms with Crippen molar-refractivity contribution in [2.24, 2.45) is 0 Å². The second-order valence-electron chi connectivity index (χ2n) is 13.4. The number of furan rings is 4. The molecule has 0 aliphatic carbocycles. The van der Waals surface area contributed by atoms with E-state index in [-0.39, 0.29) is 52.9 Å². The van der Waals surface area contributed by atoms with Gasteiger partial charge in [-0.25, -0.2) is 0 Å². The molecule has 0 aliphatic heterocycles. The van der Waals surface area contributed by atoms with Crippen LogP contribution in [0.15, 0.2) is 91.3 Å². The van der Waals surface area contributed by atoms with Gasteiger partial charge in [0.2, 0.25) is 0 Å². The van der Waals surface area contributed by atoms with E-state index in [1.54, 1.807) is 49.3 Å². The summed E-state index contributed by atoms with van der Waals surface area (Å²) in [5, 5.41) is 42.6. The van der Waals surface area contributed by atoms with Gasteiger partial charge in [0.1, 0.15) is 49.5 Å². The van der Waals surface area contributed by atoms with Gasteiger partial charge in [-0.3, -0.25) is 9.80 Å². The minimum Gasteiger partial charge on any atom is -0.467 e. The first-order chi connectivity index (χ1) is 27.4. The van der Waals surface area contributed by atoms with Crippen LogP contribution >= 0.6 is 0 Å². The van der Waals surface area contributed by atoms with Gasteiger partial charge in [-0.15, -0.1) is 0 Å². The van der Waals surface area contributed by atoms with Crippen LogP contribution in [0.25, 0.3) is 0 Å². The minimum absolute atomic E-state index is 0.122. The molecule has 0 bridgehead atoms. The number of aliphatic hydroxyl groups is 4. The van der Waals surface area contributed by atoms with E-state index in [4.69, 9.17) is 46.1 Å². The highest BCUT2D eigenvalue weighted by atomic mass is 16.5. The van der Waals surface area contributed by atoms with Gasteiger partial charge in [0, 0.05) is 52.5 Å². The summed E-state index contributed by atoms with van der Waals surface area (Å²) < 4.78 is 55.1. The fraction of sp³-hybridized carbons (Fsp3) is 0.600. The quantitative estimate of drug-likeness (QED) is 0.0496. The third-order valence-corrected chi connectivity index (χ3v) is 8.31. The van der Waals surface area contributed by atoms with Crippen LogP contribution in [0.5, 0.6) is 0 Å². The lowest BCUT2D eigenvalue weighted by Crippen LogP contribution is -2.41. The molecule has 4 aromatic heterocycles. The molecule has 4 rings (SSSR count). The normalized spacial score (nSPS) is 14.2. The van der Waals surface area contributed by atoms with Crippen molar-refractivity contribution in [2.75, 3.05) is 92.1 Å². The molecule has 0 saturated heterocycles. The van der Waals surface area contributed by atoms with Crippen LogP contribution in [0.4, 0.5) is 0 Å². The smallest absolute Gasteiger partial charge is 0.129 e. The average molecular weight is 793 g/mol. The van der Waals surface area contributed by atoms with Gasteiger partial charge in [0.25, 0.3) is 0 Å². The largest absolute Gasteiger partial charge is 0.467 e. The van der Waals surface area contributed by atoms with Crippen molar-refractivity contribution in [3.8, 4) is 0 Å². The highest BCUT2D eigenvalue weighted by Crippen LogP contribution is 2.08. The van der Waals surface area contributed by atoms with Crippen LogP contribution in [0.2, 0.25) is 0 Å². The standard InChI is InChI=1S/C40H60N2O14/c43-33(25-49-29-37-7-1-15-53-37)21-41(22-34(44)26-50-30-38-8-2-16-54-38)11-5-13-47-19-20-48-14-6-12-42(23-35(45)27-51-31-39-9-3-17-55-39)24-36(46)28-52-32-40-10-4-18-56-40/h1-4,7-10,15-18,33-36,43-46H,5-6,11-14,19-32H2. The van der Waals surface area contributed by atoms with Crippen LogP contribution in [-0.2, 0) is 54.8 Å². The van der Waals surface area contributed by atoms with Gasteiger partial charge in [-0.1, -0.05) is 0 Å². The van der Waals surface area contributed by atoms with Crippen molar-refractivity contribution in [3.63, 3.8) is 0 Å². The molecule has 0 amide bonds. The van der Waals surface area contributed by atoms with Crippen molar-refractivity contribution in [3.05, 3.63) is 96.6 Å². The molecule has 0 saturated carbocycles. The Morgan fingerprint density at radius 1 is 0.411 bits per heavy atom. The lowest BCUT2D eigenvalue weighted by Gasteiger charge is -2.27. The second kappa shape index (κ2) is 28.1. The maximum Gasteiger partial charge on any atom is 0.129 e. The molecule has 0 aliphatic rings. The van der Waals surface area contributed by atoms with Crippen molar-refractivity contribution >= 4 is 0 Å². The molecule has 16 nitrogen and oxygen atoms in total. The Kier molecular flexibility index (Phi) is 22.8. The molecule has 4 N–H and O–H groups in total. The zero-order chi connectivity index (χ0) is 39.5. The van der Waals surface area contributed by atoms with E-state index < -0.39 is 24.4 Å². The summed E-state index contributed by atoms with van der Waals surface area (Å²) in [4.78, 5) is 3.94. The maximum atomic E-state index is 10.6. The van der Waals surface area contributed by atoms with Gasteiger partial charge < -0.3 is 66.5 Å². The van der Waals surface area contributed by atoms with E-state index >= 15 is 0 Å². The molecular formula is C40H60N2O14. The minimum atomic E-state index is -0.765. The van der Waals surface area contributed by atoms with Gasteiger partial charge >= 0.3 is 0 Å². The lowest BCUT2D eigenvalue weighted by molar-refractivity contribution is -0.0231. The van der Waals surface area contributed by atoms with Gasteiger partial charge in [-0.2, -0.15) is 0 Å². The molecule has 56 heavy (non-hydrogen) atoms. The Morgan fingerprint density at radius 3 is 0.946 bits per heavy atom. The topological polar surface area (TPSA) is 195 Å². The van der Waals surface area contributed by atoms with Crippen molar-refractivity contribution in [1.29, 1.82) is 0 Å². The SMILES string of the molecule is OC(COCc1ccco1)CN(CCCOCCOCCCN(CC(O)COCc1ccco1)CC(O)COCc1ccco1)CC(O)COCc1ccco1. The van der Waals surface area contributed by atoms with E-state index in [1.165, 1.54) is 0 Å².